The highest BCUT2D eigenvalue weighted by atomic mass is 16.2. The summed E-state index contributed by atoms with van der Waals surface area (Å²) in [7, 11) is 0. The van der Waals surface area contributed by atoms with E-state index in [0.717, 1.165) is 37.0 Å². The zero-order valence-corrected chi connectivity index (χ0v) is 23.4. The molecular weight excluding hydrogens is 468 g/mol. The van der Waals surface area contributed by atoms with Crippen LogP contribution in [0.2, 0.25) is 0 Å². The molecule has 0 aliphatic heterocycles. The highest BCUT2D eigenvalue weighted by Gasteiger charge is 2.41. The highest BCUT2D eigenvalue weighted by molar-refractivity contribution is 5.97. The number of para-hydroxylation sites is 1. The third-order valence-electron chi connectivity index (χ3n) is 8.36. The van der Waals surface area contributed by atoms with Gasteiger partial charge in [0.25, 0.3) is 0 Å². The molecule has 0 saturated heterocycles. The van der Waals surface area contributed by atoms with Crippen molar-refractivity contribution >= 4 is 22.8 Å². The normalized spacial score (nSPS) is 15.0. The Bertz CT molecular complexity index is 1420. The molecule has 0 radical (unpaired) electrons. The van der Waals surface area contributed by atoms with Gasteiger partial charge in [-0.2, -0.15) is 0 Å². The fourth-order valence-corrected chi connectivity index (χ4v) is 6.41. The zero-order valence-electron chi connectivity index (χ0n) is 23.4. The van der Waals surface area contributed by atoms with Crippen LogP contribution in [0.1, 0.15) is 81.9 Å². The molecule has 0 bridgehead atoms. The van der Waals surface area contributed by atoms with Crippen molar-refractivity contribution in [1.82, 2.24) is 9.55 Å². The first-order valence-corrected chi connectivity index (χ1v) is 14.0. The first-order valence-electron chi connectivity index (χ1n) is 14.0. The minimum absolute atomic E-state index is 0.270. The van der Waals surface area contributed by atoms with Gasteiger partial charge in [0.05, 0.1) is 17.8 Å². The Hall–Kier alpha value is -3.60. The number of aryl methyl sites for hydroxylation is 1. The van der Waals surface area contributed by atoms with E-state index in [9.17, 15) is 4.79 Å². The number of hydrogen-bond acceptors (Lipinski definition) is 2. The molecule has 5 nitrogen and oxygen atoms in total. The number of carbonyl (C=O) groups is 1. The summed E-state index contributed by atoms with van der Waals surface area (Å²) < 4.78 is 2.38. The van der Waals surface area contributed by atoms with E-state index in [2.05, 4.69) is 100.0 Å². The third kappa shape index (κ3) is 4.48. The Morgan fingerprint density at radius 1 is 0.974 bits per heavy atom. The van der Waals surface area contributed by atoms with Crippen LogP contribution in [-0.2, 0) is 5.54 Å². The molecule has 0 unspecified atom stereocenters. The van der Waals surface area contributed by atoms with E-state index in [-0.39, 0.29) is 17.4 Å². The number of aromatic nitrogens is 2. The maximum Gasteiger partial charge on any atom is 0.319 e. The maximum atomic E-state index is 13.3. The Kier molecular flexibility index (Phi) is 7.04. The number of hydrogen-bond donors (Lipinski definition) is 1. The summed E-state index contributed by atoms with van der Waals surface area (Å²) in [4.78, 5) is 20.1. The molecule has 2 aromatic heterocycles. The summed E-state index contributed by atoms with van der Waals surface area (Å²) in [6.45, 7) is 11.4. The molecule has 4 aromatic rings. The summed E-state index contributed by atoms with van der Waals surface area (Å²) in [5.41, 5.74) is 13.8. The van der Waals surface area contributed by atoms with Gasteiger partial charge in [-0.05, 0) is 59.9 Å². The van der Waals surface area contributed by atoms with E-state index in [4.69, 9.17) is 10.7 Å². The van der Waals surface area contributed by atoms with Crippen molar-refractivity contribution in [2.45, 2.75) is 77.7 Å². The van der Waals surface area contributed by atoms with Gasteiger partial charge in [-0.3, -0.25) is 4.90 Å². The van der Waals surface area contributed by atoms with E-state index >= 15 is 0 Å². The van der Waals surface area contributed by atoms with Crippen LogP contribution in [0, 0.1) is 6.92 Å². The number of benzene rings is 2. The van der Waals surface area contributed by atoms with Gasteiger partial charge in [-0.1, -0.05) is 89.1 Å². The molecule has 0 atom stereocenters. The number of carbonyl (C=O) groups excluding carboxylic acids is 1. The fraction of sp³-hybridized carbons (Fsp3) is 0.394. The lowest BCUT2D eigenvalue weighted by Gasteiger charge is -2.38. The molecule has 2 heterocycles. The smallest absolute Gasteiger partial charge is 0.319 e. The van der Waals surface area contributed by atoms with Crippen LogP contribution in [0.3, 0.4) is 0 Å². The molecule has 5 heteroatoms. The molecule has 1 fully saturated rings. The van der Waals surface area contributed by atoms with Gasteiger partial charge in [0.15, 0.2) is 0 Å². The number of nitrogens with zero attached hydrogens (tertiary/aromatic N) is 3. The van der Waals surface area contributed by atoms with E-state index in [1.54, 1.807) is 0 Å². The topological polar surface area (TPSA) is 64.2 Å². The fourth-order valence-electron chi connectivity index (χ4n) is 6.41. The number of amides is 2. The largest absolute Gasteiger partial charge is 0.351 e. The molecule has 38 heavy (non-hydrogen) atoms. The average molecular weight is 509 g/mol. The monoisotopic (exact) mass is 508 g/mol. The molecule has 2 amide bonds. The Morgan fingerprint density at radius 3 is 2.18 bits per heavy atom. The van der Waals surface area contributed by atoms with E-state index in [1.807, 2.05) is 11.1 Å². The molecule has 2 N–H and O–H groups in total. The number of primary amides is 1. The summed E-state index contributed by atoms with van der Waals surface area (Å²) >= 11 is 0. The second-order valence-electron chi connectivity index (χ2n) is 11.6. The van der Waals surface area contributed by atoms with Crippen LogP contribution >= 0.6 is 0 Å². The molecular formula is C33H40N4O. The Balaban J connectivity index is 1.71. The van der Waals surface area contributed by atoms with Crippen LogP contribution in [-0.4, -0.2) is 22.1 Å². The summed E-state index contributed by atoms with van der Waals surface area (Å²) in [5.74, 6) is 0.540. The summed E-state index contributed by atoms with van der Waals surface area (Å²) in [6, 6.07) is 18.6. The van der Waals surface area contributed by atoms with Crippen molar-refractivity contribution in [1.29, 1.82) is 0 Å². The van der Waals surface area contributed by atoms with Gasteiger partial charge in [0.2, 0.25) is 0 Å². The molecule has 0 spiro atoms. The lowest BCUT2D eigenvalue weighted by molar-refractivity contribution is 0.245. The summed E-state index contributed by atoms with van der Waals surface area (Å²) in [6.07, 6.45) is 8.37. The van der Waals surface area contributed by atoms with E-state index in [0.29, 0.717) is 6.54 Å². The van der Waals surface area contributed by atoms with Crippen molar-refractivity contribution in [3.05, 3.63) is 83.7 Å². The molecule has 1 aliphatic carbocycles. The SMILES string of the molecule is Cc1ccnc2c1c(-c1ccccc1)cn2C1(CN(C(N)=O)c2c(C(C)C)cccc2C(C)C)CCCC1. The number of nitrogens with two attached hydrogens (primary N) is 1. The Morgan fingerprint density at radius 2 is 1.61 bits per heavy atom. The van der Waals surface area contributed by atoms with Gasteiger partial charge in [0.1, 0.15) is 5.65 Å². The van der Waals surface area contributed by atoms with E-state index in [1.165, 1.54) is 33.2 Å². The number of pyridine rings is 1. The predicted octanol–water partition coefficient (Wildman–Crippen LogP) is 8.11. The van der Waals surface area contributed by atoms with Crippen LogP contribution in [0.15, 0.2) is 67.0 Å². The van der Waals surface area contributed by atoms with Crippen molar-refractivity contribution < 1.29 is 4.79 Å². The molecule has 1 aliphatic rings. The summed E-state index contributed by atoms with van der Waals surface area (Å²) in [5, 5.41) is 1.18. The predicted molar refractivity (Wildman–Crippen MR) is 158 cm³/mol. The van der Waals surface area contributed by atoms with Gasteiger partial charge < -0.3 is 10.3 Å². The van der Waals surface area contributed by atoms with Crippen LogP contribution in [0.5, 0.6) is 0 Å². The number of anilines is 1. The second-order valence-corrected chi connectivity index (χ2v) is 11.6. The maximum absolute atomic E-state index is 13.3. The quantitative estimate of drug-likeness (QED) is 0.274. The van der Waals surface area contributed by atoms with Crippen LogP contribution in [0.25, 0.3) is 22.2 Å². The lowest BCUT2D eigenvalue weighted by Crippen LogP contribution is -2.48. The second kappa shape index (κ2) is 10.3. The lowest BCUT2D eigenvalue weighted by atomic mass is 9.90. The minimum atomic E-state index is -0.393. The van der Waals surface area contributed by atoms with Crippen molar-refractivity contribution in [2.75, 3.05) is 11.4 Å². The van der Waals surface area contributed by atoms with Gasteiger partial charge in [-0.25, -0.2) is 9.78 Å². The number of rotatable bonds is 7. The molecule has 5 rings (SSSR count). The van der Waals surface area contributed by atoms with Crippen LogP contribution < -0.4 is 10.6 Å². The van der Waals surface area contributed by atoms with Crippen molar-refractivity contribution in [3.8, 4) is 11.1 Å². The van der Waals surface area contributed by atoms with Gasteiger partial charge in [-0.15, -0.1) is 0 Å². The average Bonchev–Trinajstić information content (AvgIpc) is 3.54. The van der Waals surface area contributed by atoms with E-state index < -0.39 is 6.03 Å². The first kappa shape index (κ1) is 26.0. The Labute approximate surface area is 226 Å². The van der Waals surface area contributed by atoms with Crippen molar-refractivity contribution in [2.24, 2.45) is 5.73 Å². The van der Waals surface area contributed by atoms with Crippen molar-refractivity contribution in [3.63, 3.8) is 0 Å². The van der Waals surface area contributed by atoms with Crippen LogP contribution in [0.4, 0.5) is 10.5 Å². The minimum Gasteiger partial charge on any atom is -0.351 e. The third-order valence-corrected chi connectivity index (χ3v) is 8.36. The first-order chi connectivity index (χ1) is 18.2. The standard InChI is InChI=1S/C33H40N4O/c1-22(2)26-14-11-15-27(23(3)4)30(26)36(32(34)38)21-33(17-9-10-18-33)37-20-28(25-12-7-6-8-13-25)29-24(5)16-19-35-31(29)37/h6-8,11-16,19-20,22-23H,9-10,17-18,21H2,1-5H3,(H2,34,38). The molecule has 1 saturated carbocycles. The number of urea groups is 1. The molecule has 198 valence electrons. The molecule has 2 aromatic carbocycles. The van der Waals surface area contributed by atoms with Gasteiger partial charge in [0, 0.05) is 23.3 Å². The van der Waals surface area contributed by atoms with Gasteiger partial charge >= 0.3 is 6.03 Å². The highest BCUT2D eigenvalue weighted by Crippen LogP contribution is 2.45. The number of fused-ring (bicyclic) bond motifs is 1. The zero-order chi connectivity index (χ0) is 27.0.